The summed E-state index contributed by atoms with van der Waals surface area (Å²) in [7, 11) is 1.55. The minimum Gasteiger partial charge on any atom is -0.496 e. The number of rotatable bonds is 53. The van der Waals surface area contributed by atoms with Gasteiger partial charge in [-0.1, -0.05) is 91.0 Å². The fourth-order valence-corrected chi connectivity index (χ4v) is 13.1. The van der Waals surface area contributed by atoms with E-state index in [9.17, 15) is 84.0 Å². The van der Waals surface area contributed by atoms with Crippen LogP contribution in [0.5, 0.6) is 46.0 Å². The third-order valence-corrected chi connectivity index (χ3v) is 19.3. The lowest BCUT2D eigenvalue weighted by molar-refractivity contribution is -0.145. The monoisotopic (exact) mass is 1610 g/mol. The third-order valence-electron chi connectivity index (χ3n) is 19.3. The molecule has 0 spiro atoms. The van der Waals surface area contributed by atoms with E-state index in [2.05, 4.69) is 0 Å². The number of para-hydroxylation sites is 1. The number of benzene rings is 8. The maximum atomic E-state index is 13.5. The van der Waals surface area contributed by atoms with E-state index < -0.39 is 59.1 Å². The summed E-state index contributed by atoms with van der Waals surface area (Å²) in [5.41, 5.74) is 11.4. The molecule has 25 heteroatoms. The van der Waals surface area contributed by atoms with Crippen molar-refractivity contribution in [3.05, 3.63) is 241 Å². The molecule has 0 unspecified atom stereocenters. The second-order valence-electron chi connectivity index (χ2n) is 29.3. The Labute approximate surface area is 679 Å². The van der Waals surface area contributed by atoms with Crippen LogP contribution in [0.15, 0.2) is 152 Å². The molecule has 0 heterocycles. The van der Waals surface area contributed by atoms with Crippen LogP contribution < -0.4 is 37.9 Å². The molecular formula is C92H102O25. The number of aliphatic carboxylic acids is 8. The number of esters is 1. The largest absolute Gasteiger partial charge is 0.496 e. The van der Waals surface area contributed by atoms with Crippen molar-refractivity contribution >= 4 is 59.8 Å². The summed E-state index contributed by atoms with van der Waals surface area (Å²) < 4.78 is 50.0. The minimum absolute atomic E-state index is 0.0733. The van der Waals surface area contributed by atoms with Gasteiger partial charge < -0.3 is 78.7 Å². The first-order valence-electron chi connectivity index (χ1n) is 39.0. The van der Waals surface area contributed by atoms with Crippen LogP contribution in [0.2, 0.25) is 0 Å². The third kappa shape index (κ3) is 30.6. The van der Waals surface area contributed by atoms with Crippen molar-refractivity contribution in [3.8, 4) is 46.0 Å². The van der Waals surface area contributed by atoms with Crippen LogP contribution in [0.25, 0.3) is 6.08 Å². The molecule has 117 heavy (non-hydrogen) atoms. The van der Waals surface area contributed by atoms with Gasteiger partial charge in [0.25, 0.3) is 0 Å². The summed E-state index contributed by atoms with van der Waals surface area (Å²) in [5, 5.41) is 75.7. The molecule has 8 N–H and O–H groups in total. The molecule has 0 amide bonds. The molecular weight excluding hydrogens is 1500 g/mol. The van der Waals surface area contributed by atoms with Crippen molar-refractivity contribution in [1.82, 2.24) is 0 Å². The molecule has 620 valence electrons. The number of hydrogen-bond donors (Lipinski definition) is 8. The Morgan fingerprint density at radius 2 is 0.590 bits per heavy atom. The van der Waals surface area contributed by atoms with Crippen molar-refractivity contribution in [3.63, 3.8) is 0 Å². The van der Waals surface area contributed by atoms with E-state index in [-0.39, 0.29) is 123 Å². The molecule has 0 aliphatic heterocycles. The zero-order valence-electron chi connectivity index (χ0n) is 66.3. The second kappa shape index (κ2) is 45.4. The van der Waals surface area contributed by atoms with Crippen LogP contribution in [0.1, 0.15) is 199 Å². The number of carbonyl (C=O) groups is 9. The topological polar surface area (TPSA) is 389 Å². The summed E-state index contributed by atoms with van der Waals surface area (Å²) >= 11 is 0. The van der Waals surface area contributed by atoms with Crippen LogP contribution in [0.4, 0.5) is 0 Å². The lowest BCUT2D eigenvalue weighted by atomic mass is 9.87. The van der Waals surface area contributed by atoms with Gasteiger partial charge in [-0.15, -0.1) is 0 Å². The quantitative estimate of drug-likeness (QED) is 0.00759. The number of hydrogen-bond acceptors (Lipinski definition) is 17. The zero-order valence-corrected chi connectivity index (χ0v) is 66.3. The summed E-state index contributed by atoms with van der Waals surface area (Å²) in [6.45, 7) is 5.80. The molecule has 0 bridgehead atoms. The van der Waals surface area contributed by atoms with Gasteiger partial charge in [0, 0.05) is 96.0 Å². The number of carboxylic acids is 8. The molecule has 8 aromatic rings. The number of carbonyl (C=O) groups excluding carboxylic acids is 1. The summed E-state index contributed by atoms with van der Waals surface area (Å²) in [4.78, 5) is 106. The highest BCUT2D eigenvalue weighted by molar-refractivity contribution is 5.86. The highest BCUT2D eigenvalue weighted by atomic mass is 16.5. The molecule has 25 nitrogen and oxygen atoms in total. The lowest BCUT2D eigenvalue weighted by Crippen LogP contribution is -2.29. The Morgan fingerprint density at radius 3 is 0.872 bits per heavy atom. The van der Waals surface area contributed by atoms with E-state index >= 15 is 0 Å². The number of aryl methyl sites for hydroxylation is 1. The molecule has 0 saturated carbocycles. The molecule has 0 atom stereocenters. The van der Waals surface area contributed by atoms with Crippen LogP contribution in [-0.2, 0) is 88.1 Å². The number of methoxy groups -OCH3 is 1. The highest BCUT2D eigenvalue weighted by Gasteiger charge is 2.31. The molecule has 0 aliphatic carbocycles. The van der Waals surface area contributed by atoms with Crippen LogP contribution in [0, 0.1) is 12.3 Å². The van der Waals surface area contributed by atoms with E-state index in [0.717, 1.165) is 84.0 Å². The fraction of sp³-hybridized carbons (Fsp3) is 0.359. The molecule has 8 rings (SSSR count). The molecule has 8 aromatic carbocycles. The van der Waals surface area contributed by atoms with Crippen LogP contribution >= 0.6 is 0 Å². The summed E-state index contributed by atoms with van der Waals surface area (Å²) in [6.07, 6.45) is 5.93. The zero-order chi connectivity index (χ0) is 84.4. The Hall–Kier alpha value is -12.7. The predicted octanol–water partition coefficient (Wildman–Crippen LogP) is 15.9. The molecule has 0 fully saturated rings. The van der Waals surface area contributed by atoms with Gasteiger partial charge in [0.1, 0.15) is 46.0 Å². The second-order valence-corrected chi connectivity index (χ2v) is 29.3. The molecule has 0 saturated heterocycles. The van der Waals surface area contributed by atoms with E-state index in [1.807, 2.05) is 140 Å². The maximum absolute atomic E-state index is 13.5. The first-order chi connectivity index (χ1) is 56.1. The minimum atomic E-state index is -1.10. The van der Waals surface area contributed by atoms with Gasteiger partial charge in [0.2, 0.25) is 0 Å². The first kappa shape index (κ1) is 89.9. The number of ether oxygens (including phenoxy) is 8. The van der Waals surface area contributed by atoms with Crippen LogP contribution in [0.3, 0.4) is 0 Å². The number of carboxylic acid groups (broad SMARTS) is 8. The van der Waals surface area contributed by atoms with Gasteiger partial charge in [-0.3, -0.25) is 38.4 Å². The van der Waals surface area contributed by atoms with Gasteiger partial charge in [-0.2, -0.15) is 0 Å². The van der Waals surface area contributed by atoms with E-state index in [1.165, 1.54) is 6.08 Å². The van der Waals surface area contributed by atoms with Crippen molar-refractivity contribution in [2.24, 2.45) is 5.41 Å². The van der Waals surface area contributed by atoms with E-state index in [0.29, 0.717) is 115 Å². The maximum Gasteiger partial charge on any atom is 0.328 e. The fourth-order valence-electron chi connectivity index (χ4n) is 13.1. The Kier molecular flexibility index (Phi) is 34.9. The summed E-state index contributed by atoms with van der Waals surface area (Å²) in [6, 6.07) is 45.4. The van der Waals surface area contributed by atoms with Gasteiger partial charge in [-0.25, -0.2) is 4.79 Å². The Morgan fingerprint density at radius 1 is 0.316 bits per heavy atom. The standard InChI is InChI=1S/C92H102O25/c1-59-44-76(110-4)74(57-66(59)35-36-90(107)108)58-73-34-28-65(56-82(73)116-43-13-22-89(105)106)50-72-33-27-64(55-81(72)115-42-12-21-88(103)104)49-71-32-26-63(54-80(71)114-41-11-20-87(101)102)48-70-31-25-62(53-79(70)113-40-10-19-86(99)100)47-69-30-24-61(52-78(69)112-39-9-18-85(97)98)46-68-29-23-60(51-77(68)111-38-8-17-84(95)96)45-67-14-5-6-15-75(67)117-91(109)92(2,3)37-7-16-83(93)94/h5-6,14-15,23-36,44,51-57H,7-13,16-22,37-43,45-50,58H2,1-4H3,(H,93,94)(H,95,96)(H,97,98)(H,99,100)(H,101,102)(H,103,104)(H,105,106)(H,107,108)/b36-35+. The lowest BCUT2D eigenvalue weighted by Gasteiger charge is -2.23. The van der Waals surface area contributed by atoms with Crippen molar-refractivity contribution < 1.29 is 122 Å². The molecule has 0 aromatic heterocycles. The first-order valence-corrected chi connectivity index (χ1v) is 39.0. The normalized spacial score (nSPS) is 11.2. The van der Waals surface area contributed by atoms with Gasteiger partial charge >= 0.3 is 53.7 Å². The van der Waals surface area contributed by atoms with Gasteiger partial charge in [0.05, 0.1) is 52.2 Å². The van der Waals surface area contributed by atoms with Gasteiger partial charge in [0.15, 0.2) is 0 Å². The van der Waals surface area contributed by atoms with E-state index in [4.69, 9.17) is 37.9 Å². The van der Waals surface area contributed by atoms with Gasteiger partial charge in [-0.05, 0) is 222 Å². The molecule has 0 aliphatic rings. The Bertz CT molecular complexity index is 4820. The van der Waals surface area contributed by atoms with Crippen molar-refractivity contribution in [1.29, 1.82) is 0 Å². The predicted molar refractivity (Wildman–Crippen MR) is 434 cm³/mol. The smallest absolute Gasteiger partial charge is 0.328 e. The SMILES string of the molecule is COc1cc(C)c(/C=C/C(=O)O)cc1Cc1ccc(Cc2ccc(Cc3ccc(Cc4ccc(Cc5ccc(Cc6ccc(Cc7ccccc7OC(=O)C(C)(C)CCCC(=O)O)cc6OCCCC(=O)O)cc5OCCCC(=O)O)cc4OCCCC(=O)O)cc3OCCCC(=O)O)cc2OCCCC(=O)O)cc1OCCCC(=O)O. The molecule has 0 radical (unpaired) electrons. The van der Waals surface area contributed by atoms with Crippen molar-refractivity contribution in [2.75, 3.05) is 46.8 Å². The van der Waals surface area contributed by atoms with E-state index in [1.54, 1.807) is 33.1 Å². The average Bonchev–Trinajstić information content (AvgIpc) is 0.811. The summed E-state index contributed by atoms with van der Waals surface area (Å²) in [5.74, 6) is -4.51. The van der Waals surface area contributed by atoms with Crippen molar-refractivity contribution in [2.45, 2.75) is 162 Å². The average molecular weight is 1610 g/mol. The highest BCUT2D eigenvalue weighted by Crippen LogP contribution is 2.38. The Balaban J connectivity index is 1.07. The van der Waals surface area contributed by atoms with Crippen LogP contribution in [-0.4, -0.2) is 141 Å².